The van der Waals surface area contributed by atoms with Gasteiger partial charge < -0.3 is 14.8 Å². The van der Waals surface area contributed by atoms with Crippen molar-refractivity contribution >= 4 is 34.9 Å². The van der Waals surface area contributed by atoms with E-state index in [1.165, 1.54) is 16.7 Å². The highest BCUT2D eigenvalue weighted by atomic mass is 32.2. The number of H-pyrrole nitrogens is 1. The average Bonchev–Trinajstić information content (AvgIpc) is 3.86. The van der Waals surface area contributed by atoms with E-state index in [9.17, 15) is 9.59 Å². The first-order valence-corrected chi connectivity index (χ1v) is 17.2. The summed E-state index contributed by atoms with van der Waals surface area (Å²) < 4.78 is 0. The molecule has 0 bridgehead atoms. The highest BCUT2D eigenvalue weighted by Crippen LogP contribution is 2.43. The van der Waals surface area contributed by atoms with Gasteiger partial charge in [-0.15, -0.1) is 11.8 Å². The van der Waals surface area contributed by atoms with E-state index in [1.807, 2.05) is 31.1 Å². The summed E-state index contributed by atoms with van der Waals surface area (Å²) in [6, 6.07) is 17.5. The van der Waals surface area contributed by atoms with Gasteiger partial charge in [-0.25, -0.2) is 4.98 Å². The second-order valence-electron chi connectivity index (χ2n) is 13.0. The Kier molecular flexibility index (Phi) is 7.95. The molecule has 0 aliphatic carbocycles. The third-order valence-corrected chi connectivity index (χ3v) is 11.3. The first kappa shape index (κ1) is 29.1. The van der Waals surface area contributed by atoms with Crippen LogP contribution in [0, 0.1) is 11.8 Å². The zero-order valence-electron chi connectivity index (χ0n) is 25.8. The van der Waals surface area contributed by atoms with Crippen LogP contribution in [0.25, 0.3) is 28.0 Å². The number of carbonyl (C=O) groups excluding carboxylic acids is 2. The van der Waals surface area contributed by atoms with E-state index in [1.54, 1.807) is 0 Å². The van der Waals surface area contributed by atoms with Gasteiger partial charge >= 0.3 is 0 Å². The lowest BCUT2D eigenvalue weighted by Gasteiger charge is -2.32. The summed E-state index contributed by atoms with van der Waals surface area (Å²) in [5, 5.41) is 0.298. The molecule has 0 radical (unpaired) electrons. The zero-order chi connectivity index (χ0) is 30.4. The summed E-state index contributed by atoms with van der Waals surface area (Å²) in [5.74, 6) is 2.68. The van der Waals surface area contributed by atoms with Crippen LogP contribution in [0.2, 0.25) is 0 Å². The lowest BCUT2D eigenvalue weighted by molar-refractivity contribution is -0.136. The van der Waals surface area contributed by atoms with Crippen LogP contribution in [0.3, 0.4) is 0 Å². The Bertz CT molecular complexity index is 1610. The third-order valence-electron chi connectivity index (χ3n) is 9.99. The second kappa shape index (κ2) is 12.0. The predicted molar refractivity (Wildman–Crippen MR) is 178 cm³/mol. The number of hydrogen-bond acceptors (Lipinski definition) is 5. The van der Waals surface area contributed by atoms with Crippen molar-refractivity contribution in [1.29, 1.82) is 0 Å². The quantitative estimate of drug-likeness (QED) is 0.305. The fourth-order valence-electron chi connectivity index (χ4n) is 7.01. The number of aromatic nitrogens is 2. The largest absolute Gasteiger partial charge is 0.340 e. The number of hydrogen-bond donors (Lipinski definition) is 1. The Morgan fingerprint density at radius 1 is 0.932 bits per heavy atom. The van der Waals surface area contributed by atoms with Crippen LogP contribution in [-0.2, 0) is 9.59 Å². The van der Waals surface area contributed by atoms with E-state index in [0.717, 1.165) is 72.8 Å². The van der Waals surface area contributed by atoms with Gasteiger partial charge in [-0.3, -0.25) is 14.6 Å². The Labute approximate surface area is 264 Å². The van der Waals surface area contributed by atoms with Crippen molar-refractivity contribution in [3.05, 3.63) is 72.3 Å². The molecule has 4 aliphatic heterocycles. The fourth-order valence-corrected chi connectivity index (χ4v) is 8.49. The molecule has 44 heavy (non-hydrogen) atoms. The number of likely N-dealkylation sites (tertiary alicyclic amines) is 1. The molecule has 5 heterocycles. The molecule has 8 heteroatoms. The SMILES string of the molecule is CC(C)[C@H](C)C(=O)N1CCC[C@H]1C1=NC=C(c2ccc(-c3ccc(-c4cnc([C@@H]5CS[C@@H]6CCCC(=O)N65)[nH]4)cc3)cc2)C1. The molecule has 2 aromatic carbocycles. The highest BCUT2D eigenvalue weighted by molar-refractivity contribution is 8.00. The molecule has 1 aromatic heterocycles. The molecular formula is C36H41N5O2S. The van der Waals surface area contributed by atoms with Crippen LogP contribution < -0.4 is 0 Å². The van der Waals surface area contributed by atoms with Gasteiger partial charge in [-0.2, -0.15) is 0 Å². The molecule has 7 nitrogen and oxygen atoms in total. The number of amides is 2. The first-order valence-electron chi connectivity index (χ1n) is 16.1. The van der Waals surface area contributed by atoms with Gasteiger partial charge in [0.2, 0.25) is 11.8 Å². The third kappa shape index (κ3) is 5.42. The summed E-state index contributed by atoms with van der Waals surface area (Å²) in [7, 11) is 0. The summed E-state index contributed by atoms with van der Waals surface area (Å²) in [6.45, 7) is 7.13. The Balaban J connectivity index is 0.988. The minimum atomic E-state index is 0.0361. The number of aliphatic imine (C=N–C) groups is 1. The van der Waals surface area contributed by atoms with Crippen molar-refractivity contribution in [2.45, 2.75) is 76.8 Å². The minimum Gasteiger partial charge on any atom is -0.340 e. The minimum absolute atomic E-state index is 0.0361. The van der Waals surface area contributed by atoms with E-state index >= 15 is 0 Å². The van der Waals surface area contributed by atoms with Crippen molar-refractivity contribution < 1.29 is 9.59 Å². The van der Waals surface area contributed by atoms with Crippen LogP contribution in [-0.4, -0.2) is 61.0 Å². The molecule has 3 fully saturated rings. The lowest BCUT2D eigenvalue weighted by Crippen LogP contribution is -2.43. The van der Waals surface area contributed by atoms with Gasteiger partial charge in [0.25, 0.3) is 0 Å². The number of imidazole rings is 1. The number of carbonyl (C=O) groups is 2. The van der Waals surface area contributed by atoms with E-state index in [2.05, 4.69) is 82.1 Å². The first-order chi connectivity index (χ1) is 21.4. The van der Waals surface area contributed by atoms with E-state index in [4.69, 9.17) is 4.99 Å². The summed E-state index contributed by atoms with van der Waals surface area (Å²) in [4.78, 5) is 42.9. The topological polar surface area (TPSA) is 81.7 Å². The van der Waals surface area contributed by atoms with Crippen LogP contribution >= 0.6 is 11.8 Å². The van der Waals surface area contributed by atoms with E-state index in [-0.39, 0.29) is 29.8 Å². The standard InChI is InChI=1S/C36H41N5O2S/c1-22(2)23(3)36(43)40-17-5-6-31(40)29-18-28(19-37-29)26-11-9-24(10-12-26)25-13-15-27(16-14-25)30-20-38-35(39-30)32-21-44-34-8-4-7-33(42)41(32)34/h9-16,19-20,22-23,31-32,34H,4-8,17-18,21H2,1-3H3,(H,38,39)/t23-,31-,32-,34+/m0/s1. The van der Waals surface area contributed by atoms with E-state index < -0.39 is 0 Å². The molecule has 0 spiro atoms. The fraction of sp³-hybridized carbons (Fsp3) is 0.444. The number of nitrogens with one attached hydrogen (secondary N) is 1. The number of nitrogens with zero attached hydrogens (tertiary/aromatic N) is 4. The Morgan fingerprint density at radius 2 is 1.64 bits per heavy atom. The molecule has 3 aromatic rings. The van der Waals surface area contributed by atoms with Gasteiger partial charge in [0, 0.05) is 43.0 Å². The molecule has 4 aliphatic rings. The van der Waals surface area contributed by atoms with Crippen LogP contribution in [0.4, 0.5) is 0 Å². The molecule has 0 unspecified atom stereocenters. The molecular weight excluding hydrogens is 566 g/mol. The smallest absolute Gasteiger partial charge is 0.226 e. The average molecular weight is 608 g/mol. The number of rotatable bonds is 7. The lowest BCUT2D eigenvalue weighted by atomic mass is 9.94. The molecule has 4 atom stereocenters. The number of piperidine rings is 1. The van der Waals surface area contributed by atoms with Crippen LogP contribution in [0.5, 0.6) is 0 Å². The second-order valence-corrected chi connectivity index (χ2v) is 14.2. The van der Waals surface area contributed by atoms with Gasteiger partial charge in [-0.05, 0) is 59.4 Å². The number of thioether (sulfide) groups is 1. The van der Waals surface area contributed by atoms with Gasteiger partial charge in [0.1, 0.15) is 5.82 Å². The molecule has 0 saturated carbocycles. The van der Waals surface area contributed by atoms with Crippen molar-refractivity contribution in [2.75, 3.05) is 12.3 Å². The van der Waals surface area contributed by atoms with E-state index in [0.29, 0.717) is 17.7 Å². The van der Waals surface area contributed by atoms with Crippen LogP contribution in [0.15, 0.2) is 65.9 Å². The van der Waals surface area contributed by atoms with Crippen molar-refractivity contribution in [1.82, 2.24) is 19.8 Å². The highest BCUT2D eigenvalue weighted by Gasteiger charge is 2.41. The van der Waals surface area contributed by atoms with Gasteiger partial charge in [-0.1, -0.05) is 69.3 Å². The van der Waals surface area contributed by atoms with Crippen molar-refractivity contribution in [3.63, 3.8) is 0 Å². The maximum absolute atomic E-state index is 13.1. The predicted octanol–water partition coefficient (Wildman–Crippen LogP) is 7.34. The molecule has 228 valence electrons. The molecule has 2 amide bonds. The number of benzene rings is 2. The normalized spacial score (nSPS) is 24.1. The summed E-state index contributed by atoms with van der Waals surface area (Å²) >= 11 is 1.88. The zero-order valence-corrected chi connectivity index (χ0v) is 26.6. The Hall–Kier alpha value is -3.65. The van der Waals surface area contributed by atoms with Crippen LogP contribution in [0.1, 0.15) is 76.7 Å². The molecule has 1 N–H and O–H groups in total. The maximum Gasteiger partial charge on any atom is 0.226 e. The number of fused-ring (bicyclic) bond motifs is 1. The molecule has 3 saturated heterocycles. The maximum atomic E-state index is 13.1. The summed E-state index contributed by atoms with van der Waals surface area (Å²) in [5.41, 5.74) is 7.90. The van der Waals surface area contributed by atoms with Gasteiger partial charge in [0.05, 0.1) is 29.3 Å². The van der Waals surface area contributed by atoms with Gasteiger partial charge in [0.15, 0.2) is 0 Å². The Morgan fingerprint density at radius 3 is 2.36 bits per heavy atom. The monoisotopic (exact) mass is 607 g/mol. The molecule has 7 rings (SSSR count). The summed E-state index contributed by atoms with van der Waals surface area (Å²) in [6.07, 6.45) is 9.46. The number of aromatic amines is 1. The number of allylic oxidation sites excluding steroid dienone is 1. The van der Waals surface area contributed by atoms with Crippen molar-refractivity contribution in [2.24, 2.45) is 16.8 Å². The van der Waals surface area contributed by atoms with Crippen molar-refractivity contribution in [3.8, 4) is 22.4 Å².